The summed E-state index contributed by atoms with van der Waals surface area (Å²) in [4.78, 5) is 20.1. The first-order valence-corrected chi connectivity index (χ1v) is 6.51. The Morgan fingerprint density at radius 3 is 2.79 bits per heavy atom. The number of pyridine rings is 1. The average Bonchev–Trinajstić information content (AvgIpc) is 2.48. The number of hydrogen-bond acceptors (Lipinski definition) is 5. The summed E-state index contributed by atoms with van der Waals surface area (Å²) in [5.74, 6) is -0.166. The minimum atomic E-state index is -0.166. The highest BCUT2D eigenvalue weighted by atomic mass is 16.3. The van der Waals surface area contributed by atoms with E-state index < -0.39 is 0 Å². The van der Waals surface area contributed by atoms with E-state index in [0.29, 0.717) is 5.69 Å². The third-order valence-electron chi connectivity index (χ3n) is 3.36. The van der Waals surface area contributed by atoms with Crippen LogP contribution < -0.4 is 10.2 Å². The fourth-order valence-electron chi connectivity index (χ4n) is 2.24. The molecule has 1 saturated heterocycles. The first kappa shape index (κ1) is 13.8. The maximum atomic E-state index is 11.6. The van der Waals surface area contributed by atoms with Crippen molar-refractivity contribution in [3.05, 3.63) is 24.0 Å². The number of hydrogen-bond donors (Lipinski definition) is 2. The number of nitrogens with one attached hydrogen (secondary N) is 1. The maximum absolute atomic E-state index is 11.6. The summed E-state index contributed by atoms with van der Waals surface area (Å²) >= 11 is 0. The number of β-amino-alcohol motifs (C(OH)–C–C–N with tert-alkyl or cyclic N) is 1. The normalized spacial score (nSPS) is 16.4. The summed E-state index contributed by atoms with van der Waals surface area (Å²) in [5, 5.41) is 11.5. The Bertz CT molecular complexity index is 430. The molecule has 0 aliphatic carbocycles. The first-order valence-electron chi connectivity index (χ1n) is 6.51. The van der Waals surface area contributed by atoms with Crippen LogP contribution in [0.5, 0.6) is 0 Å². The molecule has 6 heteroatoms. The minimum absolute atomic E-state index is 0.166. The van der Waals surface area contributed by atoms with Crippen LogP contribution in [0.4, 0.5) is 5.69 Å². The third-order valence-corrected chi connectivity index (χ3v) is 3.36. The van der Waals surface area contributed by atoms with Crippen LogP contribution in [0.15, 0.2) is 18.3 Å². The Labute approximate surface area is 113 Å². The van der Waals surface area contributed by atoms with Crippen LogP contribution in [0.25, 0.3) is 0 Å². The molecule has 2 heterocycles. The van der Waals surface area contributed by atoms with Crippen LogP contribution in [-0.4, -0.2) is 67.3 Å². The minimum Gasteiger partial charge on any atom is -0.395 e. The highest BCUT2D eigenvalue weighted by molar-refractivity contribution is 5.92. The van der Waals surface area contributed by atoms with Crippen molar-refractivity contribution in [3.8, 4) is 0 Å². The van der Waals surface area contributed by atoms with Gasteiger partial charge in [-0.2, -0.15) is 0 Å². The van der Waals surface area contributed by atoms with Crippen molar-refractivity contribution in [1.82, 2.24) is 15.2 Å². The van der Waals surface area contributed by atoms with Crippen LogP contribution in [-0.2, 0) is 0 Å². The number of aliphatic hydroxyl groups is 1. The lowest BCUT2D eigenvalue weighted by molar-refractivity contribution is 0.0958. The molecule has 0 saturated carbocycles. The molecule has 2 rings (SSSR count). The maximum Gasteiger partial charge on any atom is 0.269 e. The summed E-state index contributed by atoms with van der Waals surface area (Å²) in [6.07, 6.45) is 1.67. The molecule has 6 nitrogen and oxygen atoms in total. The van der Waals surface area contributed by atoms with Crippen molar-refractivity contribution in [2.45, 2.75) is 0 Å². The number of carbonyl (C=O) groups is 1. The predicted octanol–water partition coefficient (Wildman–Crippen LogP) is -0.444. The summed E-state index contributed by atoms with van der Waals surface area (Å²) in [6.45, 7) is 4.59. The van der Waals surface area contributed by atoms with Crippen LogP contribution in [0.3, 0.4) is 0 Å². The van der Waals surface area contributed by atoms with Gasteiger partial charge in [-0.3, -0.25) is 14.7 Å². The number of rotatable bonds is 4. The van der Waals surface area contributed by atoms with Crippen LogP contribution in [0.1, 0.15) is 10.5 Å². The Kier molecular flexibility index (Phi) is 4.70. The fraction of sp³-hybridized carbons (Fsp3) is 0.538. The summed E-state index contributed by atoms with van der Waals surface area (Å²) in [7, 11) is 1.60. The number of carbonyl (C=O) groups excluding carboxylic acids is 1. The van der Waals surface area contributed by atoms with E-state index in [-0.39, 0.29) is 12.5 Å². The molecule has 1 aliphatic rings. The number of anilines is 1. The number of nitrogens with zero attached hydrogens (tertiary/aromatic N) is 3. The van der Waals surface area contributed by atoms with Gasteiger partial charge in [-0.25, -0.2) is 0 Å². The van der Waals surface area contributed by atoms with Gasteiger partial charge in [0.15, 0.2) is 0 Å². The van der Waals surface area contributed by atoms with E-state index in [1.54, 1.807) is 13.2 Å². The summed E-state index contributed by atoms with van der Waals surface area (Å²) in [5.41, 5.74) is 1.47. The van der Waals surface area contributed by atoms with Gasteiger partial charge in [0.25, 0.3) is 5.91 Å². The van der Waals surface area contributed by atoms with Crippen molar-refractivity contribution in [3.63, 3.8) is 0 Å². The number of aromatic nitrogens is 1. The lowest BCUT2D eigenvalue weighted by Crippen LogP contribution is -2.47. The molecule has 1 aliphatic heterocycles. The topological polar surface area (TPSA) is 68.7 Å². The largest absolute Gasteiger partial charge is 0.395 e. The third kappa shape index (κ3) is 3.42. The van der Waals surface area contributed by atoms with E-state index >= 15 is 0 Å². The summed E-state index contributed by atoms with van der Waals surface area (Å²) in [6, 6.07) is 3.74. The second kappa shape index (κ2) is 6.49. The molecule has 104 valence electrons. The smallest absolute Gasteiger partial charge is 0.269 e. The van der Waals surface area contributed by atoms with Crippen LogP contribution >= 0.6 is 0 Å². The van der Waals surface area contributed by atoms with E-state index in [1.165, 1.54) is 0 Å². The molecule has 0 atom stereocenters. The highest BCUT2D eigenvalue weighted by Crippen LogP contribution is 2.16. The number of piperazine rings is 1. The second-order valence-corrected chi connectivity index (χ2v) is 4.53. The van der Waals surface area contributed by atoms with Crippen molar-refractivity contribution >= 4 is 11.6 Å². The molecule has 0 spiro atoms. The molecule has 0 radical (unpaired) electrons. The van der Waals surface area contributed by atoms with Gasteiger partial charge in [-0.15, -0.1) is 0 Å². The molecule has 1 amide bonds. The van der Waals surface area contributed by atoms with Crippen molar-refractivity contribution in [1.29, 1.82) is 0 Å². The lowest BCUT2D eigenvalue weighted by atomic mass is 10.2. The van der Waals surface area contributed by atoms with Gasteiger partial charge >= 0.3 is 0 Å². The van der Waals surface area contributed by atoms with Crippen molar-refractivity contribution in [2.24, 2.45) is 0 Å². The van der Waals surface area contributed by atoms with Gasteiger partial charge in [-0.05, 0) is 12.1 Å². The monoisotopic (exact) mass is 264 g/mol. The molecule has 1 aromatic rings. The first-order chi connectivity index (χ1) is 9.24. The molecular formula is C13H20N4O2. The van der Waals surface area contributed by atoms with Gasteiger partial charge in [0.1, 0.15) is 5.69 Å². The zero-order valence-electron chi connectivity index (χ0n) is 11.2. The molecule has 0 bridgehead atoms. The van der Waals surface area contributed by atoms with Crippen LogP contribution in [0, 0.1) is 0 Å². The Morgan fingerprint density at radius 2 is 2.16 bits per heavy atom. The number of aliphatic hydroxyl groups excluding tert-OH is 1. The van der Waals surface area contributed by atoms with Gasteiger partial charge < -0.3 is 15.3 Å². The lowest BCUT2D eigenvalue weighted by Gasteiger charge is -2.35. The van der Waals surface area contributed by atoms with E-state index in [9.17, 15) is 4.79 Å². The molecular weight excluding hydrogens is 244 g/mol. The van der Waals surface area contributed by atoms with Gasteiger partial charge in [0.2, 0.25) is 0 Å². The highest BCUT2D eigenvalue weighted by Gasteiger charge is 2.17. The van der Waals surface area contributed by atoms with Crippen molar-refractivity contribution < 1.29 is 9.90 Å². The quantitative estimate of drug-likeness (QED) is 0.771. The zero-order chi connectivity index (χ0) is 13.7. The number of amides is 1. The molecule has 19 heavy (non-hydrogen) atoms. The van der Waals surface area contributed by atoms with E-state index in [4.69, 9.17) is 5.11 Å². The molecule has 1 fully saturated rings. The van der Waals surface area contributed by atoms with E-state index in [0.717, 1.165) is 38.4 Å². The predicted molar refractivity (Wildman–Crippen MR) is 73.4 cm³/mol. The average molecular weight is 264 g/mol. The van der Waals surface area contributed by atoms with Crippen molar-refractivity contribution in [2.75, 3.05) is 51.3 Å². The van der Waals surface area contributed by atoms with Gasteiger partial charge in [0, 0.05) is 51.7 Å². The Morgan fingerprint density at radius 1 is 1.42 bits per heavy atom. The zero-order valence-corrected chi connectivity index (χ0v) is 11.2. The molecule has 1 aromatic heterocycles. The molecule has 2 N–H and O–H groups in total. The Hall–Kier alpha value is -1.66. The molecule has 0 unspecified atom stereocenters. The van der Waals surface area contributed by atoms with E-state index in [2.05, 4.69) is 20.1 Å². The van der Waals surface area contributed by atoms with E-state index in [1.807, 2.05) is 12.1 Å². The standard InChI is InChI=1S/C13H20N4O2/c1-14-13(19)12-10-11(2-3-15-12)17-6-4-16(5-7-17)8-9-18/h2-3,10,18H,4-9H2,1H3,(H,14,19). The fourth-order valence-corrected chi connectivity index (χ4v) is 2.24. The van der Waals surface area contributed by atoms with Gasteiger partial charge in [0.05, 0.1) is 6.61 Å². The van der Waals surface area contributed by atoms with Gasteiger partial charge in [-0.1, -0.05) is 0 Å². The SMILES string of the molecule is CNC(=O)c1cc(N2CCN(CCO)CC2)ccn1. The second-order valence-electron chi connectivity index (χ2n) is 4.53. The van der Waals surface area contributed by atoms with Crippen LogP contribution in [0.2, 0.25) is 0 Å². The molecule has 0 aromatic carbocycles. The summed E-state index contributed by atoms with van der Waals surface area (Å²) < 4.78 is 0. The Balaban J connectivity index is 2.01.